The van der Waals surface area contributed by atoms with Crippen LogP contribution in [0.25, 0.3) is 33.4 Å². The summed E-state index contributed by atoms with van der Waals surface area (Å²) in [5.74, 6) is 1.54. The highest BCUT2D eigenvalue weighted by Crippen LogP contribution is 2.28. The van der Waals surface area contributed by atoms with Crippen molar-refractivity contribution in [1.29, 1.82) is 0 Å². The van der Waals surface area contributed by atoms with Gasteiger partial charge in [-0.05, 0) is 25.1 Å². The normalized spacial score (nSPS) is 11.1. The van der Waals surface area contributed by atoms with Crippen molar-refractivity contribution in [2.24, 2.45) is 0 Å². The van der Waals surface area contributed by atoms with Crippen LogP contribution in [-0.2, 0) is 6.54 Å². The molecule has 3 aromatic heterocycles. The first-order chi connectivity index (χ1) is 10.9. The summed E-state index contributed by atoms with van der Waals surface area (Å²) in [6.07, 6.45) is 3.45. The van der Waals surface area contributed by atoms with Crippen molar-refractivity contribution in [3.05, 3.63) is 48.1 Å². The van der Waals surface area contributed by atoms with Gasteiger partial charge in [0.2, 0.25) is 0 Å². The smallest absolute Gasteiger partial charge is 0.188 e. The van der Waals surface area contributed by atoms with E-state index in [1.165, 1.54) is 11.3 Å². The van der Waals surface area contributed by atoms with E-state index < -0.39 is 0 Å². The first-order valence-corrected chi connectivity index (χ1v) is 7.93. The SMILES string of the molecule is CCn1c(-c2csc(-c3ncccn3)n2)nc2ccccc21. The summed E-state index contributed by atoms with van der Waals surface area (Å²) in [6, 6.07) is 9.95. The molecular formula is C16H13N5S. The van der Waals surface area contributed by atoms with Gasteiger partial charge in [-0.3, -0.25) is 0 Å². The van der Waals surface area contributed by atoms with Gasteiger partial charge in [0, 0.05) is 24.3 Å². The van der Waals surface area contributed by atoms with Gasteiger partial charge in [-0.1, -0.05) is 12.1 Å². The van der Waals surface area contributed by atoms with Gasteiger partial charge in [0.15, 0.2) is 16.7 Å². The van der Waals surface area contributed by atoms with Crippen molar-refractivity contribution in [3.8, 4) is 22.4 Å². The largest absolute Gasteiger partial charge is 0.323 e. The molecule has 0 fully saturated rings. The standard InChI is InChI=1S/C16H13N5S/c1-2-21-13-7-4-3-6-11(13)19-15(21)12-10-22-16(20-12)14-17-8-5-9-18-14/h3-10H,2H2,1H3. The molecule has 0 N–H and O–H groups in total. The quantitative estimate of drug-likeness (QED) is 0.580. The van der Waals surface area contributed by atoms with Crippen LogP contribution < -0.4 is 0 Å². The van der Waals surface area contributed by atoms with E-state index >= 15 is 0 Å². The van der Waals surface area contributed by atoms with E-state index in [-0.39, 0.29) is 0 Å². The maximum absolute atomic E-state index is 4.73. The van der Waals surface area contributed by atoms with E-state index in [4.69, 9.17) is 4.98 Å². The highest BCUT2D eigenvalue weighted by molar-refractivity contribution is 7.13. The molecular weight excluding hydrogens is 294 g/mol. The molecule has 5 nitrogen and oxygen atoms in total. The summed E-state index contributed by atoms with van der Waals surface area (Å²) in [7, 11) is 0. The Morgan fingerprint density at radius 1 is 1.05 bits per heavy atom. The lowest BCUT2D eigenvalue weighted by Crippen LogP contribution is -1.97. The topological polar surface area (TPSA) is 56.5 Å². The Balaban J connectivity index is 1.84. The van der Waals surface area contributed by atoms with Crippen LogP contribution in [0.5, 0.6) is 0 Å². The molecule has 6 heteroatoms. The molecule has 0 saturated heterocycles. The second kappa shape index (κ2) is 5.31. The number of para-hydroxylation sites is 2. The third-order valence-electron chi connectivity index (χ3n) is 3.46. The van der Waals surface area contributed by atoms with Crippen molar-refractivity contribution in [3.63, 3.8) is 0 Å². The molecule has 0 radical (unpaired) electrons. The molecule has 0 spiro atoms. The number of aryl methyl sites for hydroxylation is 1. The Kier molecular flexibility index (Phi) is 3.16. The number of nitrogens with zero attached hydrogens (tertiary/aromatic N) is 5. The molecule has 0 aliphatic heterocycles. The summed E-state index contributed by atoms with van der Waals surface area (Å²) in [5.41, 5.74) is 2.99. The lowest BCUT2D eigenvalue weighted by molar-refractivity contribution is 0.794. The molecule has 0 bridgehead atoms. The minimum atomic E-state index is 0.651. The number of aromatic nitrogens is 5. The van der Waals surface area contributed by atoms with Gasteiger partial charge in [0.1, 0.15) is 5.69 Å². The van der Waals surface area contributed by atoms with Gasteiger partial charge in [-0.15, -0.1) is 11.3 Å². The van der Waals surface area contributed by atoms with Crippen LogP contribution in [-0.4, -0.2) is 24.5 Å². The molecule has 4 rings (SSSR count). The summed E-state index contributed by atoms with van der Waals surface area (Å²) < 4.78 is 2.18. The summed E-state index contributed by atoms with van der Waals surface area (Å²) >= 11 is 1.54. The van der Waals surface area contributed by atoms with Crippen LogP contribution in [0.15, 0.2) is 48.1 Å². The highest BCUT2D eigenvalue weighted by Gasteiger charge is 2.15. The third kappa shape index (κ3) is 2.08. The van der Waals surface area contributed by atoms with Crippen molar-refractivity contribution in [2.75, 3.05) is 0 Å². The van der Waals surface area contributed by atoms with Crippen molar-refractivity contribution >= 4 is 22.4 Å². The van der Waals surface area contributed by atoms with Crippen LogP contribution >= 0.6 is 11.3 Å². The molecule has 0 aliphatic rings. The Hall–Kier alpha value is -2.60. The molecule has 0 saturated carbocycles. The molecule has 108 valence electrons. The van der Waals surface area contributed by atoms with E-state index in [1.54, 1.807) is 18.5 Å². The van der Waals surface area contributed by atoms with Crippen LogP contribution in [0.2, 0.25) is 0 Å². The highest BCUT2D eigenvalue weighted by atomic mass is 32.1. The Morgan fingerprint density at radius 3 is 2.68 bits per heavy atom. The molecule has 0 amide bonds. The predicted molar refractivity (Wildman–Crippen MR) is 87.5 cm³/mol. The van der Waals surface area contributed by atoms with E-state index in [9.17, 15) is 0 Å². The minimum absolute atomic E-state index is 0.651. The lowest BCUT2D eigenvalue weighted by Gasteiger charge is -2.03. The number of benzene rings is 1. The van der Waals surface area contributed by atoms with E-state index in [0.29, 0.717) is 5.82 Å². The average molecular weight is 307 g/mol. The van der Waals surface area contributed by atoms with Gasteiger partial charge in [-0.2, -0.15) is 0 Å². The van der Waals surface area contributed by atoms with Gasteiger partial charge in [0.25, 0.3) is 0 Å². The molecule has 0 unspecified atom stereocenters. The number of rotatable bonds is 3. The van der Waals surface area contributed by atoms with Crippen molar-refractivity contribution < 1.29 is 0 Å². The Morgan fingerprint density at radius 2 is 1.86 bits per heavy atom. The average Bonchev–Trinajstić information content (AvgIpc) is 3.20. The van der Waals surface area contributed by atoms with Gasteiger partial charge in [0.05, 0.1) is 11.0 Å². The maximum Gasteiger partial charge on any atom is 0.188 e. The summed E-state index contributed by atoms with van der Waals surface area (Å²) in [4.78, 5) is 17.9. The second-order valence-electron chi connectivity index (χ2n) is 4.78. The number of thiazole rings is 1. The monoisotopic (exact) mass is 307 g/mol. The zero-order valence-corrected chi connectivity index (χ0v) is 12.8. The zero-order valence-electron chi connectivity index (χ0n) is 12.0. The van der Waals surface area contributed by atoms with Crippen LogP contribution in [0, 0.1) is 0 Å². The van der Waals surface area contributed by atoms with Gasteiger partial charge >= 0.3 is 0 Å². The van der Waals surface area contributed by atoms with Crippen LogP contribution in [0.1, 0.15) is 6.92 Å². The molecule has 3 heterocycles. The Bertz CT molecular complexity index is 926. The van der Waals surface area contributed by atoms with E-state index in [1.807, 2.05) is 23.6 Å². The molecule has 4 aromatic rings. The number of hydrogen-bond acceptors (Lipinski definition) is 5. The predicted octanol–water partition coefficient (Wildman–Crippen LogP) is 3.64. The molecule has 0 atom stereocenters. The minimum Gasteiger partial charge on any atom is -0.323 e. The lowest BCUT2D eigenvalue weighted by atomic mass is 10.3. The van der Waals surface area contributed by atoms with Crippen molar-refractivity contribution in [1.82, 2.24) is 24.5 Å². The van der Waals surface area contributed by atoms with Gasteiger partial charge in [-0.25, -0.2) is 19.9 Å². The summed E-state index contributed by atoms with van der Waals surface area (Å²) in [5, 5.41) is 2.82. The maximum atomic E-state index is 4.73. The summed E-state index contributed by atoms with van der Waals surface area (Å²) in [6.45, 7) is 2.97. The number of fused-ring (bicyclic) bond motifs is 1. The first kappa shape index (κ1) is 13.1. The van der Waals surface area contributed by atoms with Crippen LogP contribution in [0.4, 0.5) is 0 Å². The van der Waals surface area contributed by atoms with E-state index in [2.05, 4.69) is 32.5 Å². The van der Waals surface area contributed by atoms with Gasteiger partial charge < -0.3 is 4.57 Å². The number of hydrogen-bond donors (Lipinski definition) is 0. The second-order valence-corrected chi connectivity index (χ2v) is 5.64. The number of imidazole rings is 1. The fourth-order valence-corrected chi connectivity index (χ4v) is 3.22. The molecule has 0 aliphatic carbocycles. The molecule has 1 aromatic carbocycles. The fourth-order valence-electron chi connectivity index (χ4n) is 2.48. The molecule has 22 heavy (non-hydrogen) atoms. The van der Waals surface area contributed by atoms with Crippen molar-refractivity contribution in [2.45, 2.75) is 13.5 Å². The third-order valence-corrected chi connectivity index (χ3v) is 4.30. The van der Waals surface area contributed by atoms with E-state index in [0.717, 1.165) is 34.1 Å². The fraction of sp³-hybridized carbons (Fsp3) is 0.125. The van der Waals surface area contributed by atoms with Crippen LogP contribution in [0.3, 0.4) is 0 Å². The Labute approximate surface area is 131 Å². The zero-order chi connectivity index (χ0) is 14.9. The first-order valence-electron chi connectivity index (χ1n) is 7.05.